The molecular weight excluding hydrogens is 324 g/mol. The molecule has 108 valence electrons. The fourth-order valence-corrected chi connectivity index (χ4v) is 3.07. The normalized spacial score (nSPS) is 21.1. The van der Waals surface area contributed by atoms with Gasteiger partial charge in [-0.05, 0) is 17.7 Å². The van der Waals surface area contributed by atoms with Gasteiger partial charge in [0.05, 0.1) is 19.8 Å². The second-order valence-electron chi connectivity index (χ2n) is 4.95. The molecule has 0 bridgehead atoms. The Morgan fingerprint density at radius 2 is 2.35 bits per heavy atom. The molecule has 1 unspecified atom stereocenters. The third kappa shape index (κ3) is 2.97. The number of halogens is 1. The molecule has 2 heterocycles. The fourth-order valence-electron chi connectivity index (χ4n) is 2.52. The van der Waals surface area contributed by atoms with E-state index in [0.29, 0.717) is 32.9 Å². The van der Waals surface area contributed by atoms with Crippen molar-refractivity contribution in [2.75, 3.05) is 26.4 Å². The Morgan fingerprint density at radius 3 is 3.15 bits per heavy atom. The maximum absolute atomic E-state index is 12.1. The monoisotopic (exact) mass is 340 g/mol. The molecule has 1 aromatic rings. The number of morpholine rings is 1. The van der Waals surface area contributed by atoms with Gasteiger partial charge in [0.25, 0.3) is 0 Å². The molecule has 5 nitrogen and oxygen atoms in total. The molecule has 2 N–H and O–H groups in total. The summed E-state index contributed by atoms with van der Waals surface area (Å²) in [4.78, 5) is 12.1. The molecule has 1 saturated heterocycles. The Hall–Kier alpha value is -1.11. The largest absolute Gasteiger partial charge is 0.493 e. The highest BCUT2D eigenvalue weighted by atomic mass is 79.9. The lowest BCUT2D eigenvalue weighted by molar-refractivity contribution is -0.126. The summed E-state index contributed by atoms with van der Waals surface area (Å²) in [6, 6.07) is 3.81. The number of fused-ring (bicyclic) bond motifs is 1. The van der Waals surface area contributed by atoms with E-state index in [1.54, 1.807) is 0 Å². The summed E-state index contributed by atoms with van der Waals surface area (Å²) in [5.74, 6) is 0.887. The van der Waals surface area contributed by atoms with Gasteiger partial charge in [-0.3, -0.25) is 4.79 Å². The molecule has 0 saturated carbocycles. The van der Waals surface area contributed by atoms with Crippen LogP contribution in [0.2, 0.25) is 0 Å². The Morgan fingerprint density at radius 1 is 1.45 bits per heavy atom. The van der Waals surface area contributed by atoms with E-state index in [-0.39, 0.29) is 11.9 Å². The average Bonchev–Trinajstić information content (AvgIpc) is 2.93. The summed E-state index contributed by atoms with van der Waals surface area (Å²) in [7, 11) is 0. The van der Waals surface area contributed by atoms with Crippen LogP contribution in [-0.2, 0) is 22.5 Å². The molecule has 20 heavy (non-hydrogen) atoms. The molecule has 1 atom stereocenters. The van der Waals surface area contributed by atoms with Crippen molar-refractivity contribution in [2.45, 2.75) is 19.0 Å². The maximum Gasteiger partial charge on any atom is 0.239 e. The van der Waals surface area contributed by atoms with Crippen molar-refractivity contribution in [1.29, 1.82) is 0 Å². The summed E-state index contributed by atoms with van der Waals surface area (Å²) in [6.45, 7) is 2.99. The predicted octanol–water partition coefficient (Wildman–Crippen LogP) is 0.989. The first-order valence-electron chi connectivity index (χ1n) is 6.77. The predicted molar refractivity (Wildman–Crippen MR) is 77.8 cm³/mol. The summed E-state index contributed by atoms with van der Waals surface area (Å²) in [5.41, 5.74) is 2.21. The third-order valence-corrected chi connectivity index (χ3v) is 3.97. The Kier molecular flexibility index (Phi) is 4.24. The molecule has 0 aliphatic carbocycles. The molecule has 2 aliphatic heterocycles. The van der Waals surface area contributed by atoms with E-state index in [4.69, 9.17) is 9.47 Å². The highest BCUT2D eigenvalue weighted by Crippen LogP contribution is 2.32. The number of hydrogen-bond donors (Lipinski definition) is 2. The van der Waals surface area contributed by atoms with Gasteiger partial charge >= 0.3 is 0 Å². The number of rotatable bonds is 3. The first-order chi connectivity index (χ1) is 9.74. The highest BCUT2D eigenvalue weighted by molar-refractivity contribution is 9.10. The lowest BCUT2D eigenvalue weighted by Crippen LogP contribution is -2.51. The minimum atomic E-state index is -0.259. The fraction of sp³-hybridized carbons (Fsp3) is 0.500. The van der Waals surface area contributed by atoms with Crippen LogP contribution >= 0.6 is 15.9 Å². The SMILES string of the molecule is O=C(NCc1cc(Br)cc2c1OCC2)C1COCCN1. The van der Waals surface area contributed by atoms with Gasteiger partial charge in [-0.1, -0.05) is 15.9 Å². The molecule has 0 spiro atoms. The van der Waals surface area contributed by atoms with E-state index >= 15 is 0 Å². The first-order valence-corrected chi connectivity index (χ1v) is 7.56. The Balaban J connectivity index is 1.65. The van der Waals surface area contributed by atoms with Crippen molar-refractivity contribution in [3.05, 3.63) is 27.7 Å². The van der Waals surface area contributed by atoms with Crippen molar-refractivity contribution in [1.82, 2.24) is 10.6 Å². The zero-order valence-corrected chi connectivity index (χ0v) is 12.7. The zero-order valence-electron chi connectivity index (χ0n) is 11.1. The molecule has 3 rings (SSSR count). The lowest BCUT2D eigenvalue weighted by atomic mass is 10.1. The van der Waals surface area contributed by atoms with E-state index in [1.807, 2.05) is 6.07 Å². The number of hydrogen-bond acceptors (Lipinski definition) is 4. The zero-order chi connectivity index (χ0) is 13.9. The first kappa shape index (κ1) is 13.9. The number of carbonyl (C=O) groups is 1. The highest BCUT2D eigenvalue weighted by Gasteiger charge is 2.22. The average molecular weight is 341 g/mol. The van der Waals surface area contributed by atoms with Crippen LogP contribution < -0.4 is 15.4 Å². The maximum atomic E-state index is 12.1. The molecule has 1 aromatic carbocycles. The molecule has 1 fully saturated rings. The molecule has 0 radical (unpaired) electrons. The molecular formula is C14H17BrN2O3. The topological polar surface area (TPSA) is 59.6 Å². The van der Waals surface area contributed by atoms with Crippen LogP contribution in [-0.4, -0.2) is 38.3 Å². The number of ether oxygens (including phenoxy) is 2. The summed E-state index contributed by atoms with van der Waals surface area (Å²) in [5, 5.41) is 6.08. The van der Waals surface area contributed by atoms with Crippen molar-refractivity contribution in [3.63, 3.8) is 0 Å². The minimum Gasteiger partial charge on any atom is -0.493 e. The minimum absolute atomic E-state index is 0.0311. The van der Waals surface area contributed by atoms with Gasteiger partial charge in [0, 0.05) is 29.5 Å². The lowest BCUT2D eigenvalue weighted by Gasteiger charge is -2.23. The van der Waals surface area contributed by atoms with E-state index in [1.165, 1.54) is 5.56 Å². The second kappa shape index (κ2) is 6.11. The van der Waals surface area contributed by atoms with Crippen LogP contribution in [0.5, 0.6) is 5.75 Å². The van der Waals surface area contributed by atoms with Gasteiger partial charge in [0.1, 0.15) is 11.8 Å². The summed E-state index contributed by atoms with van der Waals surface area (Å²) in [6.07, 6.45) is 0.924. The van der Waals surface area contributed by atoms with E-state index in [2.05, 4.69) is 32.6 Å². The van der Waals surface area contributed by atoms with E-state index in [9.17, 15) is 4.79 Å². The van der Waals surface area contributed by atoms with Gasteiger partial charge in [-0.15, -0.1) is 0 Å². The quantitative estimate of drug-likeness (QED) is 0.861. The smallest absolute Gasteiger partial charge is 0.239 e. The van der Waals surface area contributed by atoms with Crippen LogP contribution in [0.15, 0.2) is 16.6 Å². The van der Waals surface area contributed by atoms with Gasteiger partial charge in [0.15, 0.2) is 0 Å². The number of nitrogens with one attached hydrogen (secondary N) is 2. The van der Waals surface area contributed by atoms with Crippen LogP contribution in [0.1, 0.15) is 11.1 Å². The van der Waals surface area contributed by atoms with Crippen LogP contribution in [0.25, 0.3) is 0 Å². The van der Waals surface area contributed by atoms with Crippen LogP contribution in [0.4, 0.5) is 0 Å². The van der Waals surface area contributed by atoms with Gasteiger partial charge < -0.3 is 20.1 Å². The van der Waals surface area contributed by atoms with E-state index in [0.717, 1.165) is 22.2 Å². The number of carbonyl (C=O) groups excluding carboxylic acids is 1. The Bertz CT molecular complexity index is 515. The van der Waals surface area contributed by atoms with Crippen molar-refractivity contribution >= 4 is 21.8 Å². The van der Waals surface area contributed by atoms with Gasteiger partial charge in [-0.25, -0.2) is 0 Å². The van der Waals surface area contributed by atoms with Crippen LogP contribution in [0, 0.1) is 0 Å². The van der Waals surface area contributed by atoms with Crippen LogP contribution in [0.3, 0.4) is 0 Å². The molecule has 6 heteroatoms. The molecule has 0 aromatic heterocycles. The molecule has 2 aliphatic rings. The van der Waals surface area contributed by atoms with E-state index < -0.39 is 0 Å². The van der Waals surface area contributed by atoms with Crippen molar-refractivity contribution in [2.24, 2.45) is 0 Å². The standard InChI is InChI=1S/C14H17BrN2O3/c15-11-5-9-1-3-20-13(9)10(6-11)7-17-14(18)12-8-19-4-2-16-12/h5-6,12,16H,1-4,7-8H2,(H,17,18). The summed E-state index contributed by atoms with van der Waals surface area (Å²) < 4.78 is 12.0. The number of benzene rings is 1. The summed E-state index contributed by atoms with van der Waals surface area (Å²) >= 11 is 3.50. The van der Waals surface area contributed by atoms with Gasteiger partial charge in [-0.2, -0.15) is 0 Å². The van der Waals surface area contributed by atoms with Crippen molar-refractivity contribution < 1.29 is 14.3 Å². The van der Waals surface area contributed by atoms with Crippen molar-refractivity contribution in [3.8, 4) is 5.75 Å². The molecule has 1 amide bonds. The van der Waals surface area contributed by atoms with Gasteiger partial charge in [0.2, 0.25) is 5.91 Å². The number of amides is 1. The second-order valence-corrected chi connectivity index (χ2v) is 5.87. The third-order valence-electron chi connectivity index (χ3n) is 3.52. The Labute approximate surface area is 126 Å².